The fourth-order valence-corrected chi connectivity index (χ4v) is 2.18. The van der Waals surface area contributed by atoms with Gasteiger partial charge in [-0.15, -0.1) is 0 Å². The van der Waals surface area contributed by atoms with Crippen molar-refractivity contribution in [1.29, 1.82) is 0 Å². The Labute approximate surface area is 177 Å². The molecule has 0 bridgehead atoms. The number of nitrogens with two attached hydrogens (primary N) is 1. The van der Waals surface area contributed by atoms with Crippen LogP contribution in [0.15, 0.2) is 48.9 Å². The second kappa shape index (κ2) is 9.71. The Morgan fingerprint density at radius 3 is 2.65 bits per heavy atom. The summed E-state index contributed by atoms with van der Waals surface area (Å²) >= 11 is 0. The molecule has 0 unspecified atom stereocenters. The summed E-state index contributed by atoms with van der Waals surface area (Å²) in [5.41, 5.74) is 7.63. The molecule has 2 atom stereocenters. The quantitative estimate of drug-likeness (QED) is 0.497. The van der Waals surface area contributed by atoms with Crippen LogP contribution < -0.4 is 16.4 Å². The van der Waals surface area contributed by atoms with Gasteiger partial charge in [-0.25, -0.2) is 4.98 Å². The van der Waals surface area contributed by atoms with Crippen LogP contribution in [0, 0.1) is 13.8 Å². The van der Waals surface area contributed by atoms with Gasteiger partial charge in [0.05, 0.1) is 18.1 Å². The maximum atomic E-state index is 5.92. The Morgan fingerprint density at radius 2 is 1.92 bits per heavy atom. The standard InChI is InChI=1S/C17H20N8.Y/c1-3-15(18)12(2)22-17-19-8-7-16(24-17)23-13-5-4-6-14(11-13)25-20-9-10-21-25;/h4-12,15H,1-3,18H2,(H2,19,22,23,24);/q-2;/t12-,15+;/m1./s1. The molecule has 4 N–H and O–H groups in total. The molecular formula is C17H20N8Y-2. The molecule has 0 fully saturated rings. The molecule has 26 heavy (non-hydrogen) atoms. The van der Waals surface area contributed by atoms with Gasteiger partial charge in [0, 0.05) is 44.6 Å². The van der Waals surface area contributed by atoms with Crippen molar-refractivity contribution in [1.82, 2.24) is 25.0 Å². The van der Waals surface area contributed by atoms with Crippen LogP contribution in [0.5, 0.6) is 0 Å². The van der Waals surface area contributed by atoms with E-state index in [1.54, 1.807) is 29.5 Å². The van der Waals surface area contributed by atoms with Gasteiger partial charge in [-0.1, -0.05) is 12.1 Å². The number of benzene rings is 1. The molecule has 0 saturated heterocycles. The fraction of sp³-hybridized carbons (Fsp3) is 0.176. The van der Waals surface area contributed by atoms with Gasteiger partial charge in [0.1, 0.15) is 5.82 Å². The number of aromatic nitrogens is 5. The molecule has 3 rings (SSSR count). The van der Waals surface area contributed by atoms with E-state index in [2.05, 4.69) is 44.6 Å². The third kappa shape index (κ3) is 5.30. The molecule has 133 valence electrons. The van der Waals surface area contributed by atoms with E-state index in [0.29, 0.717) is 18.2 Å². The number of nitrogens with zero attached hydrogens (tertiary/aromatic N) is 5. The van der Waals surface area contributed by atoms with Gasteiger partial charge in [-0.3, -0.25) is 0 Å². The zero-order valence-electron chi connectivity index (χ0n) is 14.3. The minimum atomic E-state index is -0.220. The number of hydrogen-bond donors (Lipinski definition) is 3. The normalized spacial score (nSPS) is 12.7. The monoisotopic (exact) mass is 425 g/mol. The van der Waals surface area contributed by atoms with Crippen molar-refractivity contribution >= 4 is 17.5 Å². The first-order valence-electron chi connectivity index (χ1n) is 7.87. The summed E-state index contributed by atoms with van der Waals surface area (Å²) in [5.74, 6) is 1.11. The summed E-state index contributed by atoms with van der Waals surface area (Å²) < 4.78 is 0. The topological polar surface area (TPSA) is 107 Å². The van der Waals surface area contributed by atoms with Crippen LogP contribution in [0.25, 0.3) is 5.69 Å². The van der Waals surface area contributed by atoms with Crippen molar-refractivity contribution in [2.75, 3.05) is 10.6 Å². The zero-order chi connectivity index (χ0) is 17.6. The van der Waals surface area contributed by atoms with Gasteiger partial charge >= 0.3 is 0 Å². The van der Waals surface area contributed by atoms with Gasteiger partial charge < -0.3 is 30.2 Å². The van der Waals surface area contributed by atoms with Crippen molar-refractivity contribution in [3.63, 3.8) is 0 Å². The third-order valence-electron chi connectivity index (χ3n) is 3.59. The van der Waals surface area contributed by atoms with Crippen molar-refractivity contribution < 1.29 is 32.7 Å². The predicted molar refractivity (Wildman–Crippen MR) is 97.4 cm³/mol. The second-order valence-electron chi connectivity index (χ2n) is 5.46. The first-order valence-corrected chi connectivity index (χ1v) is 7.87. The number of rotatable bonds is 7. The average molecular weight is 425 g/mol. The number of anilines is 3. The van der Waals surface area contributed by atoms with E-state index in [4.69, 9.17) is 5.73 Å². The maximum absolute atomic E-state index is 5.92. The molecule has 8 nitrogen and oxygen atoms in total. The van der Waals surface area contributed by atoms with E-state index in [-0.39, 0.29) is 44.8 Å². The fourth-order valence-electron chi connectivity index (χ4n) is 2.18. The summed E-state index contributed by atoms with van der Waals surface area (Å²) in [5, 5.41) is 14.6. The largest absolute Gasteiger partial charge is 0.380 e. The average Bonchev–Trinajstić information content (AvgIpc) is 3.16. The summed E-state index contributed by atoms with van der Waals surface area (Å²) in [7, 11) is 0. The van der Waals surface area contributed by atoms with Crippen LogP contribution in [-0.2, 0) is 32.7 Å². The Morgan fingerprint density at radius 1 is 1.15 bits per heavy atom. The number of nitrogens with one attached hydrogen (secondary N) is 2. The molecule has 9 heteroatoms. The molecule has 0 amide bonds. The molecule has 0 aliphatic heterocycles. The van der Waals surface area contributed by atoms with E-state index < -0.39 is 0 Å². The van der Waals surface area contributed by atoms with Crippen LogP contribution in [-0.4, -0.2) is 37.0 Å². The van der Waals surface area contributed by atoms with E-state index in [9.17, 15) is 0 Å². The van der Waals surface area contributed by atoms with Crippen LogP contribution in [0.1, 0.15) is 6.42 Å². The molecule has 0 spiro atoms. The van der Waals surface area contributed by atoms with Crippen LogP contribution >= 0.6 is 0 Å². The van der Waals surface area contributed by atoms with E-state index >= 15 is 0 Å². The SMILES string of the molecule is [CH2-]C[C@H](N)[C@@H]([CH2-])Nc1nccc(Nc2cccc(-n3nccn3)c2)n1.[Y]. The molecule has 0 aliphatic carbocycles. The minimum Gasteiger partial charge on any atom is -0.380 e. The second-order valence-corrected chi connectivity index (χ2v) is 5.46. The molecule has 1 aromatic carbocycles. The van der Waals surface area contributed by atoms with Crippen LogP contribution in [0.2, 0.25) is 0 Å². The summed E-state index contributed by atoms with van der Waals surface area (Å²) in [6.45, 7) is 7.75. The van der Waals surface area contributed by atoms with Crippen molar-refractivity contribution in [2.45, 2.75) is 18.5 Å². The van der Waals surface area contributed by atoms with E-state index in [1.807, 2.05) is 24.3 Å². The van der Waals surface area contributed by atoms with E-state index in [0.717, 1.165) is 11.4 Å². The molecule has 1 radical (unpaired) electrons. The third-order valence-corrected chi connectivity index (χ3v) is 3.59. The van der Waals surface area contributed by atoms with Gasteiger partial charge in [-0.05, 0) is 30.3 Å². The van der Waals surface area contributed by atoms with Gasteiger partial charge in [-0.2, -0.15) is 26.4 Å². The smallest absolute Gasteiger partial charge is 0.222 e. The van der Waals surface area contributed by atoms with Crippen molar-refractivity contribution in [3.8, 4) is 5.69 Å². The first-order chi connectivity index (χ1) is 12.2. The predicted octanol–water partition coefficient (Wildman–Crippen LogP) is 1.96. The molecule has 0 aliphatic rings. The maximum Gasteiger partial charge on any atom is 0.222 e. The van der Waals surface area contributed by atoms with Gasteiger partial charge in [0.25, 0.3) is 0 Å². The Balaban J connectivity index is 0.00000243. The van der Waals surface area contributed by atoms with Crippen LogP contribution in [0.3, 0.4) is 0 Å². The minimum absolute atomic E-state index is 0. The molecule has 3 aromatic rings. The summed E-state index contributed by atoms with van der Waals surface area (Å²) in [4.78, 5) is 10.2. The summed E-state index contributed by atoms with van der Waals surface area (Å²) in [6.07, 6.45) is 5.51. The molecule has 0 saturated carbocycles. The molecular weight excluding hydrogens is 405 g/mol. The van der Waals surface area contributed by atoms with Gasteiger partial charge in [0.2, 0.25) is 5.95 Å². The van der Waals surface area contributed by atoms with E-state index in [1.165, 1.54) is 0 Å². The van der Waals surface area contributed by atoms with Crippen molar-refractivity contribution in [3.05, 3.63) is 62.8 Å². The number of hydrogen-bond acceptors (Lipinski definition) is 7. The Hall–Kier alpha value is -1.90. The Kier molecular flexibility index (Phi) is 7.62. The molecule has 2 aromatic heterocycles. The molecule has 2 heterocycles. The van der Waals surface area contributed by atoms with Gasteiger partial charge in [0.15, 0.2) is 0 Å². The first kappa shape index (κ1) is 20.4. The summed E-state index contributed by atoms with van der Waals surface area (Å²) in [6, 6.07) is 9.10. The van der Waals surface area contributed by atoms with Crippen LogP contribution in [0.4, 0.5) is 17.5 Å². The zero-order valence-corrected chi connectivity index (χ0v) is 17.1. The Bertz CT molecular complexity index is 808. The van der Waals surface area contributed by atoms with Crippen molar-refractivity contribution in [2.24, 2.45) is 5.73 Å².